The molecule has 0 fully saturated rings. The van der Waals surface area contributed by atoms with Crippen molar-refractivity contribution in [1.82, 2.24) is 5.32 Å². The standard InChI is InChI=1S/C13H20N2O3/c1-10(14-8-13(2,18)9-16)12(17)15-11-6-4-3-5-7-11/h3-7,10,14,16,18H,8-9H2,1-2H3,(H,15,17). The molecule has 2 atom stereocenters. The number of amides is 1. The molecule has 0 saturated heterocycles. The van der Waals surface area contributed by atoms with Gasteiger partial charge in [-0.15, -0.1) is 0 Å². The summed E-state index contributed by atoms with van der Waals surface area (Å²) in [5.74, 6) is -0.185. The molecular weight excluding hydrogens is 232 g/mol. The van der Waals surface area contributed by atoms with Gasteiger partial charge in [0.1, 0.15) is 0 Å². The maximum Gasteiger partial charge on any atom is 0.241 e. The maximum atomic E-state index is 11.8. The van der Waals surface area contributed by atoms with Crippen LogP contribution in [0.1, 0.15) is 13.8 Å². The second kappa shape index (κ2) is 6.49. The van der Waals surface area contributed by atoms with Crippen LogP contribution in [0.3, 0.4) is 0 Å². The van der Waals surface area contributed by atoms with E-state index in [-0.39, 0.29) is 19.1 Å². The highest BCUT2D eigenvalue weighted by atomic mass is 16.3. The molecule has 5 heteroatoms. The second-order valence-corrected chi connectivity index (χ2v) is 4.61. The van der Waals surface area contributed by atoms with Crippen LogP contribution in [0.15, 0.2) is 30.3 Å². The summed E-state index contributed by atoms with van der Waals surface area (Å²) in [4.78, 5) is 11.8. The van der Waals surface area contributed by atoms with Gasteiger partial charge in [-0.1, -0.05) is 18.2 Å². The van der Waals surface area contributed by atoms with E-state index in [1.165, 1.54) is 6.92 Å². The molecule has 0 aliphatic carbocycles. The number of carbonyl (C=O) groups is 1. The van der Waals surface area contributed by atoms with E-state index in [4.69, 9.17) is 5.11 Å². The monoisotopic (exact) mass is 252 g/mol. The number of para-hydroxylation sites is 1. The van der Waals surface area contributed by atoms with Crippen LogP contribution in [0.4, 0.5) is 5.69 Å². The van der Waals surface area contributed by atoms with Crippen LogP contribution < -0.4 is 10.6 Å². The van der Waals surface area contributed by atoms with Gasteiger partial charge in [-0.2, -0.15) is 0 Å². The number of aliphatic hydroxyl groups excluding tert-OH is 1. The Labute approximate surface area is 107 Å². The molecule has 0 aliphatic heterocycles. The number of nitrogens with one attached hydrogen (secondary N) is 2. The lowest BCUT2D eigenvalue weighted by molar-refractivity contribution is -0.118. The van der Waals surface area contributed by atoms with Gasteiger partial charge in [0.05, 0.1) is 18.2 Å². The average molecular weight is 252 g/mol. The molecule has 1 aromatic carbocycles. The van der Waals surface area contributed by atoms with E-state index in [1.54, 1.807) is 19.1 Å². The Kier molecular flexibility index (Phi) is 5.27. The number of hydrogen-bond donors (Lipinski definition) is 4. The molecule has 1 rings (SSSR count). The summed E-state index contributed by atoms with van der Waals surface area (Å²) < 4.78 is 0. The fraction of sp³-hybridized carbons (Fsp3) is 0.462. The van der Waals surface area contributed by atoms with Crippen LogP contribution in [0, 0.1) is 0 Å². The molecule has 100 valence electrons. The Morgan fingerprint density at radius 3 is 2.56 bits per heavy atom. The van der Waals surface area contributed by atoms with Gasteiger partial charge in [0.25, 0.3) is 0 Å². The quantitative estimate of drug-likeness (QED) is 0.589. The zero-order valence-corrected chi connectivity index (χ0v) is 10.7. The van der Waals surface area contributed by atoms with E-state index >= 15 is 0 Å². The van der Waals surface area contributed by atoms with Gasteiger partial charge in [0.15, 0.2) is 0 Å². The van der Waals surface area contributed by atoms with Gasteiger partial charge >= 0.3 is 0 Å². The molecule has 0 saturated carbocycles. The first-order chi connectivity index (χ1) is 8.44. The Morgan fingerprint density at radius 1 is 1.39 bits per heavy atom. The third-order valence-electron chi connectivity index (χ3n) is 2.56. The van der Waals surface area contributed by atoms with Crippen LogP contribution in [0.5, 0.6) is 0 Å². The topological polar surface area (TPSA) is 81.6 Å². The number of hydrogen-bond acceptors (Lipinski definition) is 4. The highest BCUT2D eigenvalue weighted by Gasteiger charge is 2.21. The predicted molar refractivity (Wildman–Crippen MR) is 70.2 cm³/mol. The molecule has 0 bridgehead atoms. The summed E-state index contributed by atoms with van der Waals surface area (Å²) >= 11 is 0. The van der Waals surface area contributed by atoms with Crippen LogP contribution >= 0.6 is 0 Å². The van der Waals surface area contributed by atoms with E-state index in [0.717, 1.165) is 5.69 Å². The molecule has 0 spiro atoms. The summed E-state index contributed by atoms with van der Waals surface area (Å²) in [6, 6.07) is 8.69. The molecule has 1 aromatic rings. The van der Waals surface area contributed by atoms with Crippen molar-refractivity contribution in [1.29, 1.82) is 0 Å². The Hall–Kier alpha value is -1.43. The van der Waals surface area contributed by atoms with Crippen molar-refractivity contribution in [2.75, 3.05) is 18.5 Å². The van der Waals surface area contributed by atoms with E-state index < -0.39 is 11.6 Å². The zero-order chi connectivity index (χ0) is 13.6. The van der Waals surface area contributed by atoms with Crippen molar-refractivity contribution in [2.45, 2.75) is 25.5 Å². The zero-order valence-electron chi connectivity index (χ0n) is 10.7. The van der Waals surface area contributed by atoms with Crippen LogP contribution in [0.2, 0.25) is 0 Å². The highest BCUT2D eigenvalue weighted by Crippen LogP contribution is 2.06. The van der Waals surface area contributed by atoms with Crippen molar-refractivity contribution in [2.24, 2.45) is 0 Å². The third-order valence-corrected chi connectivity index (χ3v) is 2.56. The minimum absolute atomic E-state index is 0.146. The molecule has 18 heavy (non-hydrogen) atoms. The lowest BCUT2D eigenvalue weighted by Gasteiger charge is -2.23. The number of rotatable bonds is 6. The predicted octanol–water partition coefficient (Wildman–Crippen LogP) is 0.346. The number of aliphatic hydroxyl groups is 2. The van der Waals surface area contributed by atoms with Crippen molar-refractivity contribution < 1.29 is 15.0 Å². The Bertz CT molecular complexity index is 379. The molecular formula is C13H20N2O3. The van der Waals surface area contributed by atoms with Gasteiger partial charge in [0, 0.05) is 12.2 Å². The van der Waals surface area contributed by atoms with Crippen molar-refractivity contribution in [3.63, 3.8) is 0 Å². The van der Waals surface area contributed by atoms with E-state index in [9.17, 15) is 9.90 Å². The molecule has 0 radical (unpaired) electrons. The number of carbonyl (C=O) groups excluding carboxylic acids is 1. The summed E-state index contributed by atoms with van der Waals surface area (Å²) in [5, 5.41) is 24.1. The maximum absolute atomic E-state index is 11.8. The average Bonchev–Trinajstić information content (AvgIpc) is 2.37. The van der Waals surface area contributed by atoms with Crippen LogP contribution in [-0.4, -0.2) is 40.9 Å². The van der Waals surface area contributed by atoms with Crippen LogP contribution in [-0.2, 0) is 4.79 Å². The molecule has 1 amide bonds. The highest BCUT2D eigenvalue weighted by molar-refractivity contribution is 5.94. The van der Waals surface area contributed by atoms with E-state index in [0.29, 0.717) is 0 Å². The smallest absolute Gasteiger partial charge is 0.241 e. The van der Waals surface area contributed by atoms with Gasteiger partial charge in [0.2, 0.25) is 5.91 Å². The Balaban J connectivity index is 2.43. The Morgan fingerprint density at radius 2 is 2.00 bits per heavy atom. The first kappa shape index (κ1) is 14.6. The summed E-state index contributed by atoms with van der Waals surface area (Å²) in [6.07, 6.45) is 0. The molecule has 2 unspecified atom stereocenters. The fourth-order valence-electron chi connectivity index (χ4n) is 1.29. The summed E-state index contributed by atoms with van der Waals surface area (Å²) in [7, 11) is 0. The molecule has 4 N–H and O–H groups in total. The van der Waals surface area contributed by atoms with E-state index in [2.05, 4.69) is 10.6 Å². The third kappa shape index (κ3) is 4.83. The first-order valence-corrected chi connectivity index (χ1v) is 5.87. The SMILES string of the molecule is CC(NCC(C)(O)CO)C(=O)Nc1ccccc1. The summed E-state index contributed by atoms with van der Waals surface area (Å²) in [5.41, 5.74) is -0.494. The van der Waals surface area contributed by atoms with Crippen molar-refractivity contribution >= 4 is 11.6 Å². The van der Waals surface area contributed by atoms with Crippen LogP contribution in [0.25, 0.3) is 0 Å². The number of benzene rings is 1. The van der Waals surface area contributed by atoms with Gasteiger partial charge in [-0.3, -0.25) is 4.79 Å². The summed E-state index contributed by atoms with van der Waals surface area (Å²) in [6.45, 7) is 2.99. The normalized spacial score (nSPS) is 15.8. The molecule has 0 aromatic heterocycles. The van der Waals surface area contributed by atoms with Crippen molar-refractivity contribution in [3.05, 3.63) is 30.3 Å². The minimum Gasteiger partial charge on any atom is -0.393 e. The van der Waals surface area contributed by atoms with Gasteiger partial charge < -0.3 is 20.8 Å². The fourth-order valence-corrected chi connectivity index (χ4v) is 1.29. The number of anilines is 1. The van der Waals surface area contributed by atoms with E-state index in [1.807, 2.05) is 18.2 Å². The lowest BCUT2D eigenvalue weighted by Crippen LogP contribution is -2.47. The lowest BCUT2D eigenvalue weighted by atomic mass is 10.1. The largest absolute Gasteiger partial charge is 0.393 e. The minimum atomic E-state index is -1.22. The molecule has 0 aliphatic rings. The van der Waals surface area contributed by atoms with Gasteiger partial charge in [-0.25, -0.2) is 0 Å². The molecule has 0 heterocycles. The molecule has 5 nitrogen and oxygen atoms in total. The van der Waals surface area contributed by atoms with Crippen molar-refractivity contribution in [3.8, 4) is 0 Å². The van der Waals surface area contributed by atoms with Gasteiger partial charge in [-0.05, 0) is 26.0 Å². The second-order valence-electron chi connectivity index (χ2n) is 4.61. The first-order valence-electron chi connectivity index (χ1n) is 5.87.